The van der Waals surface area contributed by atoms with Crippen LogP contribution < -0.4 is 10.6 Å². The van der Waals surface area contributed by atoms with Crippen LogP contribution in [-0.2, 0) is 0 Å². The van der Waals surface area contributed by atoms with Gasteiger partial charge in [0.1, 0.15) is 5.82 Å². The molecule has 2 unspecified atom stereocenters. The van der Waals surface area contributed by atoms with E-state index in [0.29, 0.717) is 23.7 Å². The maximum atomic E-state index is 15.2. The molecule has 3 aromatic carbocycles. The number of thiazole rings is 1. The van der Waals surface area contributed by atoms with Gasteiger partial charge in [-0.25, -0.2) is 9.37 Å². The summed E-state index contributed by atoms with van der Waals surface area (Å²) in [5.74, 6) is -0.505. The van der Waals surface area contributed by atoms with Crippen molar-refractivity contribution >= 4 is 49.7 Å². The summed E-state index contributed by atoms with van der Waals surface area (Å²) < 4.78 is 16.4. The zero-order chi connectivity index (χ0) is 24.2. The summed E-state index contributed by atoms with van der Waals surface area (Å²) in [6, 6.07) is 19.1. The van der Waals surface area contributed by atoms with Crippen LogP contribution in [0.15, 0.2) is 72.4 Å². The lowest BCUT2D eigenvalue weighted by molar-refractivity contribution is 0.0715. The average molecular weight is 496 g/mol. The second-order valence-corrected chi connectivity index (χ2v) is 10.3. The van der Waals surface area contributed by atoms with Crippen LogP contribution in [0.4, 0.5) is 15.8 Å². The van der Waals surface area contributed by atoms with Gasteiger partial charge in [0.25, 0.3) is 5.91 Å². The second-order valence-electron chi connectivity index (χ2n) is 9.40. The maximum Gasteiger partial charge on any atom is 0.254 e. The van der Waals surface area contributed by atoms with Gasteiger partial charge in [0.15, 0.2) is 0 Å². The molecule has 2 saturated heterocycles. The van der Waals surface area contributed by atoms with E-state index in [9.17, 15) is 4.79 Å². The lowest BCUT2D eigenvalue weighted by Crippen LogP contribution is -2.46. The first-order valence-corrected chi connectivity index (χ1v) is 12.8. The van der Waals surface area contributed by atoms with Gasteiger partial charge in [-0.2, -0.15) is 0 Å². The molecular formula is C28H22FN5OS. The monoisotopic (exact) mass is 495 g/mol. The molecule has 36 heavy (non-hydrogen) atoms. The Morgan fingerprint density at radius 1 is 1.06 bits per heavy atom. The summed E-state index contributed by atoms with van der Waals surface area (Å²) in [6.07, 6.45) is 2.72. The van der Waals surface area contributed by atoms with E-state index < -0.39 is 5.82 Å². The molecule has 4 heterocycles. The van der Waals surface area contributed by atoms with Crippen molar-refractivity contribution in [3.05, 3.63) is 83.8 Å². The zero-order valence-corrected chi connectivity index (χ0v) is 20.1. The van der Waals surface area contributed by atoms with Crippen LogP contribution in [0.2, 0.25) is 0 Å². The largest absolute Gasteiger partial charge is 0.355 e. The first kappa shape index (κ1) is 21.4. The lowest BCUT2D eigenvalue weighted by atomic mass is 10.0. The van der Waals surface area contributed by atoms with Crippen LogP contribution in [0, 0.1) is 5.82 Å². The highest BCUT2D eigenvalue weighted by Gasteiger charge is 2.40. The number of carbonyl (C=O) groups excluding carboxylic acids is 1. The van der Waals surface area contributed by atoms with Gasteiger partial charge in [-0.3, -0.25) is 9.78 Å². The van der Waals surface area contributed by atoms with Crippen molar-refractivity contribution in [3.63, 3.8) is 0 Å². The summed E-state index contributed by atoms with van der Waals surface area (Å²) in [6.45, 7) is 1.51. The minimum atomic E-state index is -0.409. The van der Waals surface area contributed by atoms with E-state index in [1.807, 2.05) is 46.8 Å². The number of piperazine rings is 1. The van der Waals surface area contributed by atoms with Gasteiger partial charge in [-0.15, -0.1) is 11.3 Å². The molecule has 6 nitrogen and oxygen atoms in total. The Balaban J connectivity index is 1.17. The number of benzene rings is 3. The first-order chi connectivity index (χ1) is 17.6. The number of pyridine rings is 1. The molecule has 2 aromatic heterocycles. The van der Waals surface area contributed by atoms with Crippen molar-refractivity contribution in [1.29, 1.82) is 0 Å². The summed E-state index contributed by atoms with van der Waals surface area (Å²) in [4.78, 5) is 23.7. The molecule has 0 aliphatic carbocycles. The van der Waals surface area contributed by atoms with E-state index in [1.54, 1.807) is 29.7 Å². The van der Waals surface area contributed by atoms with Crippen molar-refractivity contribution in [2.75, 3.05) is 18.4 Å². The van der Waals surface area contributed by atoms with Gasteiger partial charge in [-0.1, -0.05) is 18.2 Å². The fraction of sp³-hybridized carbons (Fsp3) is 0.179. The highest BCUT2D eigenvalue weighted by Crippen LogP contribution is 2.32. The van der Waals surface area contributed by atoms with E-state index in [2.05, 4.69) is 26.7 Å². The minimum absolute atomic E-state index is 0.0961. The molecular weight excluding hydrogens is 473 g/mol. The van der Waals surface area contributed by atoms with Crippen molar-refractivity contribution in [1.82, 2.24) is 20.2 Å². The molecule has 2 aliphatic rings. The fourth-order valence-corrected chi connectivity index (χ4v) is 6.03. The summed E-state index contributed by atoms with van der Waals surface area (Å²) in [7, 11) is 0. The Morgan fingerprint density at radius 3 is 2.83 bits per heavy atom. The Morgan fingerprint density at radius 2 is 2.00 bits per heavy atom. The molecule has 0 saturated carbocycles. The molecule has 7 rings (SSSR count). The third kappa shape index (κ3) is 3.61. The van der Waals surface area contributed by atoms with Gasteiger partial charge in [0, 0.05) is 59.3 Å². The van der Waals surface area contributed by atoms with Crippen molar-refractivity contribution in [3.8, 4) is 11.1 Å². The van der Waals surface area contributed by atoms with Gasteiger partial charge in [0.05, 0.1) is 21.2 Å². The number of rotatable bonds is 4. The van der Waals surface area contributed by atoms with Crippen molar-refractivity contribution in [2.24, 2.45) is 0 Å². The Labute approximate surface area is 210 Å². The average Bonchev–Trinajstić information content (AvgIpc) is 3.65. The van der Waals surface area contributed by atoms with Crippen LogP contribution in [0.25, 0.3) is 32.2 Å². The molecule has 0 spiro atoms. The maximum absolute atomic E-state index is 15.2. The lowest BCUT2D eigenvalue weighted by Gasteiger charge is -2.27. The molecule has 2 N–H and O–H groups in total. The summed E-state index contributed by atoms with van der Waals surface area (Å²) in [5.41, 5.74) is 6.97. The number of anilines is 2. The summed E-state index contributed by atoms with van der Waals surface area (Å²) >= 11 is 1.61. The first-order valence-electron chi connectivity index (χ1n) is 12.0. The molecule has 8 heteroatoms. The van der Waals surface area contributed by atoms with Crippen molar-refractivity contribution < 1.29 is 9.18 Å². The topological polar surface area (TPSA) is 70.2 Å². The number of likely N-dealkylation sites (tertiary alicyclic amines) is 1. The normalized spacial score (nSPS) is 18.9. The van der Waals surface area contributed by atoms with Gasteiger partial charge >= 0.3 is 0 Å². The molecule has 2 aliphatic heterocycles. The summed E-state index contributed by atoms with van der Waals surface area (Å²) in [5, 5.41) is 7.79. The highest BCUT2D eigenvalue weighted by molar-refractivity contribution is 7.16. The highest BCUT2D eigenvalue weighted by atomic mass is 32.1. The van der Waals surface area contributed by atoms with Gasteiger partial charge in [0.2, 0.25) is 0 Å². The van der Waals surface area contributed by atoms with Crippen LogP contribution in [0.3, 0.4) is 0 Å². The standard InChI is InChI=1S/C28H22FN5OS/c29-23-9-17(28(35)34-14-19-11-20(34)13-31-19)2-4-21(23)16-1-5-22-24(7-8-30-25(22)10-16)33-18-3-6-27-26(12-18)32-15-36-27/h1-10,12,15,19-20,31H,11,13-14H2,(H,30,33). The number of hydrogen-bond acceptors (Lipinski definition) is 6. The van der Waals surface area contributed by atoms with Crippen LogP contribution in [-0.4, -0.2) is 45.9 Å². The number of fused-ring (bicyclic) bond motifs is 4. The Bertz CT molecular complexity index is 1650. The second kappa shape index (κ2) is 8.36. The third-order valence-electron chi connectivity index (χ3n) is 7.20. The molecule has 2 fully saturated rings. The van der Waals surface area contributed by atoms with Crippen LogP contribution in [0.1, 0.15) is 16.8 Å². The Hall–Kier alpha value is -3.88. The molecule has 1 amide bonds. The van der Waals surface area contributed by atoms with Gasteiger partial charge < -0.3 is 15.5 Å². The number of carbonyl (C=O) groups is 1. The Kier molecular flexibility index (Phi) is 4.97. The minimum Gasteiger partial charge on any atom is -0.355 e. The molecule has 5 aromatic rings. The SMILES string of the molecule is O=C(c1ccc(-c2ccc3c(Nc4ccc5scnc5c4)ccnc3c2)c(F)c1)N1CC2CC1CN2. The molecule has 178 valence electrons. The number of amides is 1. The molecule has 0 radical (unpaired) electrons. The third-order valence-corrected chi connectivity index (χ3v) is 8.01. The van der Waals surface area contributed by atoms with Crippen LogP contribution >= 0.6 is 11.3 Å². The van der Waals surface area contributed by atoms with Crippen LogP contribution in [0.5, 0.6) is 0 Å². The number of aromatic nitrogens is 2. The fourth-order valence-electron chi connectivity index (χ4n) is 5.37. The van der Waals surface area contributed by atoms with Gasteiger partial charge in [-0.05, 0) is 54.4 Å². The number of halogens is 1. The predicted octanol–water partition coefficient (Wildman–Crippen LogP) is 5.58. The number of hydrogen-bond donors (Lipinski definition) is 2. The van der Waals surface area contributed by atoms with E-state index in [0.717, 1.165) is 51.0 Å². The number of nitrogens with one attached hydrogen (secondary N) is 2. The van der Waals surface area contributed by atoms with E-state index in [4.69, 9.17) is 0 Å². The predicted molar refractivity (Wildman–Crippen MR) is 141 cm³/mol. The quantitative estimate of drug-likeness (QED) is 0.341. The zero-order valence-electron chi connectivity index (χ0n) is 19.2. The van der Waals surface area contributed by atoms with E-state index in [1.165, 1.54) is 6.07 Å². The molecule has 2 atom stereocenters. The smallest absolute Gasteiger partial charge is 0.254 e. The number of nitrogens with zero attached hydrogens (tertiary/aromatic N) is 3. The van der Waals surface area contributed by atoms with E-state index >= 15 is 4.39 Å². The van der Waals surface area contributed by atoms with E-state index in [-0.39, 0.29) is 11.9 Å². The van der Waals surface area contributed by atoms with Crippen molar-refractivity contribution in [2.45, 2.75) is 18.5 Å². The molecule has 2 bridgehead atoms.